The Morgan fingerprint density at radius 1 is 0.870 bits per heavy atom. The zero-order chi connectivity index (χ0) is 32.6. The van der Waals surface area contributed by atoms with E-state index in [1.807, 2.05) is 92.7 Å². The van der Waals surface area contributed by atoms with Crippen LogP contribution >= 0.6 is 0 Å². The molecule has 6 rings (SSSR count). The molecule has 2 aromatic rings. The molecule has 0 saturated carbocycles. The van der Waals surface area contributed by atoms with Crippen LogP contribution in [0, 0.1) is 11.8 Å². The van der Waals surface area contributed by atoms with E-state index in [1.54, 1.807) is 14.7 Å². The summed E-state index contributed by atoms with van der Waals surface area (Å²) in [5.41, 5.74) is 0.361. The molecule has 46 heavy (non-hydrogen) atoms. The first kappa shape index (κ1) is 32.0. The van der Waals surface area contributed by atoms with Crippen LogP contribution in [0.4, 0.5) is 11.4 Å². The molecule has 0 aliphatic carbocycles. The van der Waals surface area contributed by atoms with Gasteiger partial charge in [-0.1, -0.05) is 68.5 Å². The van der Waals surface area contributed by atoms with Crippen LogP contribution in [0.5, 0.6) is 0 Å². The highest BCUT2D eigenvalue weighted by molar-refractivity contribution is 6.06. The number of ether oxygens (including phenoxy) is 1. The standard InChI is InChI=1S/C37H46N4O5/c1-5-27(25-42)41-32-35(45)40(29-18-16-28(17-19-29)38(7-3)8-4)23-13-21-37(32)31(34(41)44)30-33(43)39(24-26-14-10-9-11-15-26)22-12-20-36(30,6-2)46-37/h9-21,27,30-32,42H,5-8,22-25H2,1-4H3/t27-,30+,31-,32?,36-,37-/m0/s1. The summed E-state index contributed by atoms with van der Waals surface area (Å²) >= 11 is 0. The first-order valence-electron chi connectivity index (χ1n) is 16.8. The van der Waals surface area contributed by atoms with Gasteiger partial charge in [0.25, 0.3) is 5.91 Å². The lowest BCUT2D eigenvalue weighted by molar-refractivity contribution is -0.153. The lowest BCUT2D eigenvalue weighted by atomic mass is 9.73. The summed E-state index contributed by atoms with van der Waals surface area (Å²) in [6, 6.07) is 16.1. The number of aliphatic hydroxyl groups is 1. The fourth-order valence-electron chi connectivity index (χ4n) is 8.17. The quantitative estimate of drug-likeness (QED) is 0.398. The molecule has 244 valence electrons. The van der Waals surface area contributed by atoms with Crippen molar-refractivity contribution >= 4 is 29.1 Å². The van der Waals surface area contributed by atoms with Gasteiger partial charge < -0.3 is 29.4 Å². The van der Waals surface area contributed by atoms with Gasteiger partial charge in [0.05, 0.1) is 30.1 Å². The maximum absolute atomic E-state index is 14.8. The Morgan fingerprint density at radius 2 is 1.57 bits per heavy atom. The number of carbonyl (C=O) groups excluding carboxylic acids is 3. The molecule has 3 amide bonds. The van der Waals surface area contributed by atoms with Crippen molar-refractivity contribution in [2.75, 3.05) is 42.6 Å². The predicted octanol–water partition coefficient (Wildman–Crippen LogP) is 4.17. The van der Waals surface area contributed by atoms with E-state index >= 15 is 0 Å². The zero-order valence-corrected chi connectivity index (χ0v) is 27.3. The second-order valence-corrected chi connectivity index (χ2v) is 12.8. The summed E-state index contributed by atoms with van der Waals surface area (Å²) in [5, 5.41) is 10.5. The van der Waals surface area contributed by atoms with E-state index in [1.165, 1.54) is 0 Å². The Labute approximate surface area is 272 Å². The summed E-state index contributed by atoms with van der Waals surface area (Å²) in [6.45, 7) is 10.6. The van der Waals surface area contributed by atoms with Gasteiger partial charge in [-0.3, -0.25) is 14.4 Å². The average Bonchev–Trinajstić information content (AvgIpc) is 3.38. The van der Waals surface area contributed by atoms with E-state index < -0.39 is 35.1 Å². The molecule has 9 heteroatoms. The van der Waals surface area contributed by atoms with E-state index in [4.69, 9.17) is 4.74 Å². The molecule has 9 nitrogen and oxygen atoms in total. The van der Waals surface area contributed by atoms with Crippen LogP contribution in [-0.4, -0.2) is 88.7 Å². The van der Waals surface area contributed by atoms with Gasteiger partial charge in [0.2, 0.25) is 11.8 Å². The number of anilines is 2. The van der Waals surface area contributed by atoms with Gasteiger partial charge >= 0.3 is 0 Å². The molecule has 4 heterocycles. The van der Waals surface area contributed by atoms with E-state index in [-0.39, 0.29) is 24.3 Å². The van der Waals surface area contributed by atoms with Crippen LogP contribution in [-0.2, 0) is 25.7 Å². The number of benzene rings is 2. The zero-order valence-electron chi connectivity index (χ0n) is 27.3. The molecule has 0 aromatic heterocycles. The first-order chi connectivity index (χ1) is 22.3. The fraction of sp³-hybridized carbons (Fsp3) is 0.486. The molecule has 2 fully saturated rings. The highest BCUT2D eigenvalue weighted by Gasteiger charge is 2.75. The Hall–Kier alpha value is -3.95. The molecule has 2 aromatic carbocycles. The van der Waals surface area contributed by atoms with Crippen LogP contribution in [0.3, 0.4) is 0 Å². The third kappa shape index (κ3) is 4.95. The van der Waals surface area contributed by atoms with Crippen molar-refractivity contribution in [2.45, 2.75) is 70.4 Å². The summed E-state index contributed by atoms with van der Waals surface area (Å²) in [6.07, 6.45) is 8.62. The molecule has 0 bridgehead atoms. The minimum absolute atomic E-state index is 0.155. The molecule has 4 aliphatic heterocycles. The highest BCUT2D eigenvalue weighted by atomic mass is 16.5. The topological polar surface area (TPSA) is 93.6 Å². The minimum atomic E-state index is -1.37. The summed E-state index contributed by atoms with van der Waals surface area (Å²) < 4.78 is 7.10. The number of amides is 3. The average molecular weight is 627 g/mol. The van der Waals surface area contributed by atoms with Gasteiger partial charge in [-0.15, -0.1) is 0 Å². The molecule has 0 radical (unpaired) electrons. The fourth-order valence-corrected chi connectivity index (χ4v) is 8.17. The second-order valence-electron chi connectivity index (χ2n) is 12.8. The molecule has 6 atom stereocenters. The number of hydrogen-bond acceptors (Lipinski definition) is 6. The normalized spacial score (nSPS) is 29.4. The van der Waals surface area contributed by atoms with Crippen LogP contribution in [0.15, 0.2) is 78.9 Å². The van der Waals surface area contributed by atoms with E-state index in [2.05, 4.69) is 18.7 Å². The van der Waals surface area contributed by atoms with Gasteiger partial charge in [-0.2, -0.15) is 0 Å². The van der Waals surface area contributed by atoms with Crippen LogP contribution in [0.1, 0.15) is 46.1 Å². The number of carbonyl (C=O) groups is 3. The van der Waals surface area contributed by atoms with Crippen molar-refractivity contribution in [3.63, 3.8) is 0 Å². The third-order valence-corrected chi connectivity index (χ3v) is 10.5. The van der Waals surface area contributed by atoms with Crippen molar-refractivity contribution in [2.24, 2.45) is 11.8 Å². The minimum Gasteiger partial charge on any atom is -0.394 e. The van der Waals surface area contributed by atoms with Crippen LogP contribution in [0.25, 0.3) is 0 Å². The van der Waals surface area contributed by atoms with Gasteiger partial charge in [0.15, 0.2) is 0 Å². The molecular weight excluding hydrogens is 580 g/mol. The molecular formula is C37H46N4O5. The highest BCUT2D eigenvalue weighted by Crippen LogP contribution is 2.59. The lowest BCUT2D eigenvalue weighted by Crippen LogP contribution is -2.59. The summed E-state index contributed by atoms with van der Waals surface area (Å²) in [4.78, 5) is 51.5. The summed E-state index contributed by atoms with van der Waals surface area (Å²) in [7, 11) is 0. The maximum Gasteiger partial charge on any atom is 0.253 e. The number of rotatable bonds is 10. The van der Waals surface area contributed by atoms with Gasteiger partial charge in [-0.25, -0.2) is 0 Å². The van der Waals surface area contributed by atoms with Crippen molar-refractivity contribution < 1.29 is 24.2 Å². The van der Waals surface area contributed by atoms with Gasteiger partial charge in [0, 0.05) is 44.1 Å². The van der Waals surface area contributed by atoms with Gasteiger partial charge in [-0.05, 0) is 56.5 Å². The Balaban J connectivity index is 1.43. The molecule has 4 aliphatic rings. The predicted molar refractivity (Wildman–Crippen MR) is 178 cm³/mol. The molecule has 1 spiro atoms. The number of likely N-dealkylation sites (tertiary alicyclic amines) is 1. The third-order valence-electron chi connectivity index (χ3n) is 10.5. The summed E-state index contributed by atoms with van der Waals surface area (Å²) in [5.74, 6) is -2.49. The van der Waals surface area contributed by atoms with E-state index in [0.717, 1.165) is 30.0 Å². The second kappa shape index (κ2) is 12.7. The van der Waals surface area contributed by atoms with E-state index in [9.17, 15) is 19.5 Å². The Morgan fingerprint density at radius 3 is 2.20 bits per heavy atom. The van der Waals surface area contributed by atoms with Crippen molar-refractivity contribution in [1.29, 1.82) is 0 Å². The lowest BCUT2D eigenvalue weighted by Gasteiger charge is -2.40. The molecule has 2 saturated heterocycles. The molecule has 1 N–H and O–H groups in total. The first-order valence-corrected chi connectivity index (χ1v) is 16.8. The van der Waals surface area contributed by atoms with Crippen molar-refractivity contribution in [3.8, 4) is 0 Å². The van der Waals surface area contributed by atoms with Crippen LogP contribution in [0.2, 0.25) is 0 Å². The number of nitrogens with zero attached hydrogens (tertiary/aromatic N) is 4. The number of hydrogen-bond donors (Lipinski definition) is 1. The SMILES string of the molecule is CC[C@@H](CO)N1C(=O)[C@@H]2[C@@H]3C(=O)N(Cc4ccccc4)CC=C[C@]3(CC)O[C@@]23C=CCN(c2ccc(N(CC)CC)cc2)C(=O)C13. The van der Waals surface area contributed by atoms with Crippen LogP contribution < -0.4 is 9.80 Å². The smallest absolute Gasteiger partial charge is 0.253 e. The van der Waals surface area contributed by atoms with Crippen molar-refractivity contribution in [3.05, 3.63) is 84.5 Å². The monoisotopic (exact) mass is 626 g/mol. The number of fused-ring (bicyclic) bond motifs is 2. The maximum atomic E-state index is 14.8. The Kier molecular flexibility index (Phi) is 8.83. The Bertz CT molecular complexity index is 1500. The number of aliphatic hydroxyl groups excluding tert-OH is 1. The largest absolute Gasteiger partial charge is 0.394 e. The van der Waals surface area contributed by atoms with Gasteiger partial charge in [0.1, 0.15) is 11.6 Å². The van der Waals surface area contributed by atoms with Crippen molar-refractivity contribution in [1.82, 2.24) is 9.80 Å². The van der Waals surface area contributed by atoms with E-state index in [0.29, 0.717) is 32.5 Å². The molecule has 1 unspecified atom stereocenters.